The van der Waals surface area contributed by atoms with Crippen LogP contribution in [0.3, 0.4) is 0 Å². The fourth-order valence-electron chi connectivity index (χ4n) is 3.08. The first-order valence-electron chi connectivity index (χ1n) is 10.3. The van der Waals surface area contributed by atoms with Gasteiger partial charge in [-0.25, -0.2) is 18.2 Å². The topological polar surface area (TPSA) is 96.8 Å². The predicted molar refractivity (Wildman–Crippen MR) is 119 cm³/mol. The molecule has 0 aliphatic heterocycles. The van der Waals surface area contributed by atoms with E-state index in [-0.39, 0.29) is 23.5 Å². The second-order valence-corrected chi connectivity index (χ2v) is 9.36. The van der Waals surface area contributed by atoms with Crippen molar-refractivity contribution in [3.05, 3.63) is 47.8 Å². The van der Waals surface area contributed by atoms with E-state index in [2.05, 4.69) is 10.3 Å². The highest BCUT2D eigenvalue weighted by Gasteiger charge is 2.25. The molecule has 0 radical (unpaired) electrons. The number of aromatic nitrogens is 2. The summed E-state index contributed by atoms with van der Waals surface area (Å²) in [6.07, 6.45) is 1.54. The van der Waals surface area contributed by atoms with Gasteiger partial charge in [0.25, 0.3) is 0 Å². The van der Waals surface area contributed by atoms with Crippen molar-refractivity contribution in [3.63, 3.8) is 0 Å². The summed E-state index contributed by atoms with van der Waals surface area (Å²) in [5.74, 6) is -0.141. The van der Waals surface area contributed by atoms with Crippen LogP contribution in [-0.4, -0.2) is 81.2 Å². The first-order chi connectivity index (χ1) is 14.8. The molecule has 0 fully saturated rings. The van der Waals surface area contributed by atoms with Gasteiger partial charge < -0.3 is 24.4 Å². The monoisotopic (exact) mass is 451 g/mol. The first-order valence-corrected chi connectivity index (χ1v) is 11.9. The van der Waals surface area contributed by atoms with E-state index in [4.69, 9.17) is 4.74 Å². The van der Waals surface area contributed by atoms with Crippen molar-refractivity contribution in [1.82, 2.24) is 24.7 Å². The number of carbonyl (C=O) groups excluding carboxylic acids is 1. The lowest BCUT2D eigenvalue weighted by atomic mass is 10.2. The van der Waals surface area contributed by atoms with Crippen LogP contribution in [0.15, 0.2) is 41.7 Å². The molecule has 9 nitrogen and oxygen atoms in total. The summed E-state index contributed by atoms with van der Waals surface area (Å²) in [4.78, 5) is 20.4. The Bertz CT molecular complexity index is 929. The normalized spacial score (nSPS) is 11.6. The maximum atomic E-state index is 13.1. The van der Waals surface area contributed by atoms with Crippen LogP contribution in [0, 0.1) is 0 Å². The highest BCUT2D eigenvalue weighted by Crippen LogP contribution is 2.19. The Kier molecular flexibility index (Phi) is 9.47. The molecule has 0 atom stereocenters. The van der Waals surface area contributed by atoms with Crippen molar-refractivity contribution in [2.24, 2.45) is 0 Å². The number of hydrogen-bond acceptors (Lipinski definition) is 6. The lowest BCUT2D eigenvalue weighted by molar-refractivity contribution is 0.177. The van der Waals surface area contributed by atoms with Gasteiger partial charge in [-0.05, 0) is 26.6 Å². The van der Waals surface area contributed by atoms with Crippen LogP contribution in [0.2, 0.25) is 0 Å². The zero-order valence-electron chi connectivity index (χ0n) is 18.7. The molecule has 2 aromatic rings. The number of likely N-dealkylation sites (N-methyl/N-ethyl adjacent to an activating group) is 1. The van der Waals surface area contributed by atoms with Crippen LogP contribution >= 0.6 is 0 Å². The number of imidazole rings is 1. The fourth-order valence-corrected chi connectivity index (χ4v) is 4.60. The highest BCUT2D eigenvalue weighted by atomic mass is 32.2. The number of nitrogens with zero attached hydrogens (tertiary/aromatic N) is 4. The van der Waals surface area contributed by atoms with Crippen LogP contribution in [-0.2, 0) is 33.4 Å². The Morgan fingerprint density at radius 2 is 1.90 bits per heavy atom. The minimum atomic E-state index is -3.68. The number of urea groups is 1. The van der Waals surface area contributed by atoms with Crippen molar-refractivity contribution in [3.8, 4) is 0 Å². The average Bonchev–Trinajstić information content (AvgIpc) is 3.13. The highest BCUT2D eigenvalue weighted by molar-refractivity contribution is 7.90. The fraction of sp³-hybridized carbons (Fsp3) is 0.524. The number of sulfone groups is 1. The molecule has 1 aromatic heterocycles. The van der Waals surface area contributed by atoms with Gasteiger partial charge >= 0.3 is 6.03 Å². The van der Waals surface area contributed by atoms with Gasteiger partial charge in [-0.1, -0.05) is 30.3 Å². The number of amides is 2. The summed E-state index contributed by atoms with van der Waals surface area (Å²) in [5.41, 5.74) is 1.34. The van der Waals surface area contributed by atoms with Gasteiger partial charge in [-0.3, -0.25) is 0 Å². The van der Waals surface area contributed by atoms with Gasteiger partial charge in [0.15, 0.2) is 0 Å². The third kappa shape index (κ3) is 7.34. The molecule has 2 amide bonds. The van der Waals surface area contributed by atoms with Crippen molar-refractivity contribution in [2.75, 3.05) is 47.4 Å². The van der Waals surface area contributed by atoms with E-state index in [1.54, 1.807) is 28.7 Å². The number of rotatable bonds is 12. The average molecular weight is 452 g/mol. The molecular weight excluding hydrogens is 418 g/mol. The molecule has 0 spiro atoms. The van der Waals surface area contributed by atoms with Crippen LogP contribution in [0.5, 0.6) is 0 Å². The number of hydrogen-bond donors (Lipinski definition) is 1. The number of methoxy groups -OCH3 is 1. The van der Waals surface area contributed by atoms with E-state index in [9.17, 15) is 13.2 Å². The zero-order chi connectivity index (χ0) is 22.9. The van der Waals surface area contributed by atoms with Gasteiger partial charge in [0.05, 0.1) is 30.8 Å². The summed E-state index contributed by atoms with van der Waals surface area (Å²) in [7, 11) is 1.76. The lowest BCUT2D eigenvalue weighted by Gasteiger charge is -2.25. The van der Waals surface area contributed by atoms with Gasteiger partial charge in [0, 0.05) is 33.3 Å². The van der Waals surface area contributed by atoms with Crippen LogP contribution in [0.25, 0.3) is 0 Å². The molecule has 2 rings (SSSR count). The number of nitrogens with one attached hydrogen (secondary N) is 1. The van der Waals surface area contributed by atoms with Gasteiger partial charge in [0.2, 0.25) is 15.0 Å². The Morgan fingerprint density at radius 3 is 2.52 bits per heavy atom. The summed E-state index contributed by atoms with van der Waals surface area (Å²) >= 11 is 0. The zero-order valence-corrected chi connectivity index (χ0v) is 19.6. The van der Waals surface area contributed by atoms with Gasteiger partial charge in [-0.2, -0.15) is 0 Å². The number of benzene rings is 1. The number of ether oxygens (including phenoxy) is 1. The van der Waals surface area contributed by atoms with E-state index >= 15 is 0 Å². The quantitative estimate of drug-likeness (QED) is 0.527. The summed E-state index contributed by atoms with van der Waals surface area (Å²) in [6, 6.07) is 8.82. The van der Waals surface area contributed by atoms with Crippen molar-refractivity contribution in [1.29, 1.82) is 0 Å². The smallest absolute Gasteiger partial charge is 0.317 e. The lowest BCUT2D eigenvalue weighted by Crippen LogP contribution is -2.43. The third-order valence-corrected chi connectivity index (χ3v) is 6.28. The Balaban J connectivity index is 2.34. The van der Waals surface area contributed by atoms with E-state index < -0.39 is 9.84 Å². The van der Waals surface area contributed by atoms with Gasteiger partial charge in [0.1, 0.15) is 0 Å². The van der Waals surface area contributed by atoms with E-state index in [0.717, 1.165) is 0 Å². The van der Waals surface area contributed by atoms with Crippen molar-refractivity contribution < 1.29 is 17.9 Å². The molecule has 0 saturated heterocycles. The minimum absolute atomic E-state index is 0.00753. The molecule has 31 heavy (non-hydrogen) atoms. The largest absolute Gasteiger partial charge is 0.383 e. The summed E-state index contributed by atoms with van der Waals surface area (Å²) in [6.45, 7) is 4.46. The molecule has 0 aliphatic carbocycles. The maximum absolute atomic E-state index is 13.1. The molecule has 0 bridgehead atoms. The van der Waals surface area contributed by atoms with E-state index in [1.807, 2.05) is 44.1 Å². The number of carbonyl (C=O) groups is 1. The minimum Gasteiger partial charge on any atom is -0.383 e. The molecular formula is C21H33N5O4S. The molecule has 0 aliphatic rings. The van der Waals surface area contributed by atoms with E-state index in [1.165, 1.54) is 6.20 Å². The Morgan fingerprint density at radius 1 is 1.19 bits per heavy atom. The molecule has 1 N–H and O–H groups in total. The molecule has 1 aromatic carbocycles. The maximum Gasteiger partial charge on any atom is 0.317 e. The van der Waals surface area contributed by atoms with Crippen molar-refractivity contribution >= 4 is 15.9 Å². The molecule has 172 valence electrons. The second kappa shape index (κ2) is 11.8. The third-order valence-electron chi connectivity index (χ3n) is 4.68. The van der Waals surface area contributed by atoms with Crippen LogP contribution < -0.4 is 5.32 Å². The second-order valence-electron chi connectivity index (χ2n) is 7.48. The summed E-state index contributed by atoms with van der Waals surface area (Å²) in [5, 5.41) is 2.81. The standard InChI is InChI=1S/C21H33N5O4S/c1-5-22-20(27)25(12-11-24(2)3)16-19-15-23-21(26(19)13-14-30-4)31(28,29)17-18-9-7-6-8-10-18/h6-10,15H,5,11-14,16-17H2,1-4H3,(H,22,27). The van der Waals surface area contributed by atoms with E-state index in [0.29, 0.717) is 44.0 Å². The molecule has 10 heteroatoms. The van der Waals surface area contributed by atoms with Gasteiger partial charge in [-0.15, -0.1) is 0 Å². The van der Waals surface area contributed by atoms with Crippen LogP contribution in [0.4, 0.5) is 4.79 Å². The first kappa shape index (κ1) is 24.8. The van der Waals surface area contributed by atoms with Crippen molar-refractivity contribution in [2.45, 2.75) is 30.9 Å². The van der Waals surface area contributed by atoms with Crippen LogP contribution in [0.1, 0.15) is 18.2 Å². The summed E-state index contributed by atoms with van der Waals surface area (Å²) < 4.78 is 33.1. The molecule has 1 heterocycles. The Hall–Kier alpha value is -2.43. The Labute approximate surface area is 184 Å². The molecule has 0 saturated carbocycles. The predicted octanol–water partition coefficient (Wildman–Crippen LogP) is 1.60. The SMILES string of the molecule is CCNC(=O)N(CCN(C)C)Cc1cnc(S(=O)(=O)Cc2ccccc2)n1CCOC. The molecule has 0 unspecified atom stereocenters.